The van der Waals surface area contributed by atoms with Crippen LogP contribution in [-0.2, 0) is 0 Å². The van der Waals surface area contributed by atoms with Crippen molar-refractivity contribution in [3.63, 3.8) is 0 Å². The fourth-order valence-electron chi connectivity index (χ4n) is 1.41. The fraction of sp³-hybridized carbons (Fsp3) is 0.455. The smallest absolute Gasteiger partial charge is 0.0461 e. The lowest BCUT2D eigenvalue weighted by molar-refractivity contribution is 0.239. The number of hydrazine groups is 1. The molecule has 14 heavy (non-hydrogen) atoms. The molecule has 78 valence electrons. The predicted octanol–water partition coefficient (Wildman–Crippen LogP) is 2.86. The van der Waals surface area contributed by atoms with Crippen molar-refractivity contribution < 1.29 is 0 Å². The van der Waals surface area contributed by atoms with Crippen molar-refractivity contribution in [1.29, 1.82) is 0 Å². The number of halogens is 1. The van der Waals surface area contributed by atoms with E-state index in [9.17, 15) is 0 Å². The minimum Gasteiger partial charge on any atom is -0.250 e. The summed E-state index contributed by atoms with van der Waals surface area (Å²) in [5.41, 5.74) is 4.62. The van der Waals surface area contributed by atoms with Gasteiger partial charge >= 0.3 is 0 Å². The van der Waals surface area contributed by atoms with Crippen molar-refractivity contribution in [2.45, 2.75) is 19.4 Å². The van der Waals surface area contributed by atoms with Gasteiger partial charge in [-0.25, -0.2) is 5.43 Å². The highest BCUT2D eigenvalue weighted by molar-refractivity contribution is 6.30. The molecule has 0 saturated carbocycles. The van der Waals surface area contributed by atoms with Gasteiger partial charge in [-0.1, -0.05) is 30.7 Å². The maximum atomic E-state index is 5.83. The molecule has 2 nitrogen and oxygen atoms in total. The molecule has 0 heterocycles. The van der Waals surface area contributed by atoms with E-state index >= 15 is 0 Å². The van der Waals surface area contributed by atoms with Crippen LogP contribution in [-0.4, -0.2) is 19.1 Å². The monoisotopic (exact) mass is 212 g/mol. The summed E-state index contributed by atoms with van der Waals surface area (Å²) >= 11 is 5.83. The first-order valence-corrected chi connectivity index (χ1v) is 5.20. The third kappa shape index (κ3) is 3.29. The van der Waals surface area contributed by atoms with Crippen LogP contribution in [0.2, 0.25) is 5.02 Å². The van der Waals surface area contributed by atoms with E-state index in [1.807, 2.05) is 31.2 Å². The van der Waals surface area contributed by atoms with Gasteiger partial charge in [-0.05, 0) is 24.1 Å². The number of nitrogens with one attached hydrogen (secondary N) is 1. The minimum atomic E-state index is 0.363. The molecular formula is C11H17ClN2. The normalized spacial score (nSPS) is 13.2. The Hall–Kier alpha value is -0.570. The van der Waals surface area contributed by atoms with E-state index in [1.54, 1.807) is 0 Å². The standard InChI is InChI=1S/C11H17ClN2/c1-4-11(13-14(2)3)9-5-7-10(12)8-6-9/h5-8,11,13H,4H2,1-3H3. The summed E-state index contributed by atoms with van der Waals surface area (Å²) in [6.45, 7) is 2.16. The zero-order chi connectivity index (χ0) is 10.6. The first-order valence-electron chi connectivity index (χ1n) is 4.82. The second kappa shape index (κ2) is 5.35. The average molecular weight is 213 g/mol. The van der Waals surface area contributed by atoms with Crippen LogP contribution >= 0.6 is 11.6 Å². The maximum absolute atomic E-state index is 5.83. The molecule has 0 spiro atoms. The largest absolute Gasteiger partial charge is 0.250 e. The zero-order valence-electron chi connectivity index (χ0n) is 8.92. The molecule has 0 amide bonds. The molecule has 0 radical (unpaired) electrons. The molecule has 0 fully saturated rings. The summed E-state index contributed by atoms with van der Waals surface area (Å²) in [6, 6.07) is 8.34. The first-order chi connectivity index (χ1) is 6.63. The van der Waals surface area contributed by atoms with Gasteiger partial charge in [-0.15, -0.1) is 0 Å². The van der Waals surface area contributed by atoms with Crippen LogP contribution in [0.4, 0.5) is 0 Å². The lowest BCUT2D eigenvalue weighted by Gasteiger charge is -2.22. The van der Waals surface area contributed by atoms with Gasteiger partial charge < -0.3 is 0 Å². The van der Waals surface area contributed by atoms with Crippen molar-refractivity contribution in [3.05, 3.63) is 34.9 Å². The Labute approximate surface area is 90.8 Å². The van der Waals surface area contributed by atoms with Crippen LogP contribution < -0.4 is 5.43 Å². The minimum absolute atomic E-state index is 0.363. The molecule has 1 aromatic rings. The van der Waals surface area contributed by atoms with Gasteiger partial charge in [-0.3, -0.25) is 5.01 Å². The SMILES string of the molecule is CCC(NN(C)C)c1ccc(Cl)cc1. The predicted molar refractivity (Wildman–Crippen MR) is 61.3 cm³/mol. The van der Waals surface area contributed by atoms with E-state index in [2.05, 4.69) is 24.5 Å². The number of rotatable bonds is 4. The van der Waals surface area contributed by atoms with Crippen LogP contribution in [0.25, 0.3) is 0 Å². The number of hydrogen-bond acceptors (Lipinski definition) is 2. The summed E-state index contributed by atoms with van der Waals surface area (Å²) in [5, 5.41) is 2.76. The Morgan fingerprint density at radius 1 is 1.29 bits per heavy atom. The van der Waals surface area contributed by atoms with Gasteiger partial charge in [-0.2, -0.15) is 0 Å². The Bertz CT molecular complexity index is 269. The summed E-state index contributed by atoms with van der Waals surface area (Å²) in [5.74, 6) is 0. The highest BCUT2D eigenvalue weighted by atomic mass is 35.5. The van der Waals surface area contributed by atoms with Crippen molar-refractivity contribution >= 4 is 11.6 Å². The summed E-state index contributed by atoms with van der Waals surface area (Å²) in [4.78, 5) is 0. The third-order valence-corrected chi connectivity index (χ3v) is 2.35. The summed E-state index contributed by atoms with van der Waals surface area (Å²) in [6.07, 6.45) is 1.06. The zero-order valence-corrected chi connectivity index (χ0v) is 9.67. The number of hydrogen-bond donors (Lipinski definition) is 1. The lowest BCUT2D eigenvalue weighted by Crippen LogP contribution is -2.33. The van der Waals surface area contributed by atoms with Gasteiger partial charge in [0.05, 0.1) is 0 Å². The van der Waals surface area contributed by atoms with E-state index in [-0.39, 0.29) is 0 Å². The molecule has 1 N–H and O–H groups in total. The summed E-state index contributed by atoms with van der Waals surface area (Å²) in [7, 11) is 4.00. The van der Waals surface area contributed by atoms with Gasteiger partial charge in [0, 0.05) is 25.2 Å². The quantitative estimate of drug-likeness (QED) is 0.773. The molecule has 0 aliphatic carbocycles. The molecule has 0 aliphatic heterocycles. The maximum Gasteiger partial charge on any atom is 0.0461 e. The van der Waals surface area contributed by atoms with Gasteiger partial charge in [0.15, 0.2) is 0 Å². The average Bonchev–Trinajstić information content (AvgIpc) is 2.15. The van der Waals surface area contributed by atoms with Crippen LogP contribution in [0.1, 0.15) is 24.9 Å². The summed E-state index contributed by atoms with van der Waals surface area (Å²) < 4.78 is 0. The Morgan fingerprint density at radius 2 is 1.86 bits per heavy atom. The molecule has 0 aromatic heterocycles. The number of benzene rings is 1. The third-order valence-electron chi connectivity index (χ3n) is 2.09. The number of nitrogens with zero attached hydrogens (tertiary/aromatic N) is 1. The first kappa shape index (κ1) is 11.5. The molecule has 0 bridgehead atoms. The molecule has 0 saturated heterocycles. The highest BCUT2D eigenvalue weighted by Gasteiger charge is 2.08. The lowest BCUT2D eigenvalue weighted by atomic mass is 10.1. The second-order valence-corrected chi connectivity index (χ2v) is 3.97. The van der Waals surface area contributed by atoms with Gasteiger partial charge in [0.25, 0.3) is 0 Å². The Morgan fingerprint density at radius 3 is 2.29 bits per heavy atom. The molecule has 1 rings (SSSR count). The van der Waals surface area contributed by atoms with E-state index in [0.29, 0.717) is 6.04 Å². The van der Waals surface area contributed by atoms with E-state index in [0.717, 1.165) is 11.4 Å². The van der Waals surface area contributed by atoms with Gasteiger partial charge in [0.1, 0.15) is 0 Å². The van der Waals surface area contributed by atoms with Crippen LogP contribution in [0, 0.1) is 0 Å². The topological polar surface area (TPSA) is 15.3 Å². The van der Waals surface area contributed by atoms with Crippen molar-refractivity contribution in [2.24, 2.45) is 0 Å². The molecule has 0 aliphatic rings. The van der Waals surface area contributed by atoms with Crippen molar-refractivity contribution in [1.82, 2.24) is 10.4 Å². The van der Waals surface area contributed by atoms with Crippen molar-refractivity contribution in [2.75, 3.05) is 14.1 Å². The molecule has 1 atom stereocenters. The van der Waals surface area contributed by atoms with E-state index in [4.69, 9.17) is 11.6 Å². The Kier molecular flexibility index (Phi) is 4.39. The second-order valence-electron chi connectivity index (χ2n) is 3.54. The van der Waals surface area contributed by atoms with Crippen LogP contribution in [0.5, 0.6) is 0 Å². The van der Waals surface area contributed by atoms with Crippen LogP contribution in [0.3, 0.4) is 0 Å². The van der Waals surface area contributed by atoms with E-state index in [1.165, 1.54) is 5.56 Å². The molecular weight excluding hydrogens is 196 g/mol. The molecule has 1 unspecified atom stereocenters. The Balaban J connectivity index is 2.73. The van der Waals surface area contributed by atoms with E-state index < -0.39 is 0 Å². The molecule has 3 heteroatoms. The van der Waals surface area contributed by atoms with Gasteiger partial charge in [0.2, 0.25) is 0 Å². The molecule has 1 aromatic carbocycles. The highest BCUT2D eigenvalue weighted by Crippen LogP contribution is 2.18. The van der Waals surface area contributed by atoms with Crippen molar-refractivity contribution in [3.8, 4) is 0 Å². The fourth-order valence-corrected chi connectivity index (χ4v) is 1.53. The van der Waals surface area contributed by atoms with Crippen LogP contribution in [0.15, 0.2) is 24.3 Å².